The smallest absolute Gasteiger partial charge is 0.382 e. The third-order valence-corrected chi connectivity index (χ3v) is 1.00. The molecule has 1 aliphatic rings. The predicted octanol–water partition coefficient (Wildman–Crippen LogP) is -0.929. The van der Waals surface area contributed by atoms with Crippen molar-refractivity contribution in [3.8, 4) is 0 Å². The number of esters is 1. The van der Waals surface area contributed by atoms with Crippen molar-refractivity contribution >= 4 is 17.5 Å². The first-order valence-electron chi connectivity index (χ1n) is 2.46. The average molecular weight is 128 g/mol. The molecule has 0 atom stereocenters. The zero-order valence-electron chi connectivity index (χ0n) is 4.55. The van der Waals surface area contributed by atoms with E-state index in [1.807, 2.05) is 0 Å². The second-order valence-electron chi connectivity index (χ2n) is 1.64. The highest BCUT2D eigenvalue weighted by Gasteiger charge is 2.28. The van der Waals surface area contributed by atoms with Gasteiger partial charge in [0.05, 0.1) is 6.61 Å². The number of hydrogen-bond donors (Lipinski definition) is 0. The minimum atomic E-state index is -1.03. The molecule has 9 heavy (non-hydrogen) atoms. The highest BCUT2D eigenvalue weighted by atomic mass is 16.5. The number of ketones is 2. The maximum atomic E-state index is 10.4. The van der Waals surface area contributed by atoms with Crippen LogP contribution in [0.5, 0.6) is 0 Å². The van der Waals surface area contributed by atoms with E-state index in [9.17, 15) is 14.4 Å². The Labute approximate surface area is 50.8 Å². The molecule has 1 fully saturated rings. The Morgan fingerprint density at radius 3 is 2.33 bits per heavy atom. The fourth-order valence-electron chi connectivity index (χ4n) is 0.529. The van der Waals surface area contributed by atoms with E-state index in [0.717, 1.165) is 0 Å². The summed E-state index contributed by atoms with van der Waals surface area (Å²) in [5.41, 5.74) is 0. The Balaban J connectivity index is 2.74. The average Bonchev–Trinajstić information content (AvgIpc) is 1.83. The molecule has 0 N–H and O–H groups in total. The molecule has 0 unspecified atom stereocenters. The number of cyclic esters (lactones) is 1. The summed E-state index contributed by atoms with van der Waals surface area (Å²) in [6.45, 7) is 0.0450. The van der Waals surface area contributed by atoms with Crippen LogP contribution in [0.4, 0.5) is 0 Å². The van der Waals surface area contributed by atoms with Crippen LogP contribution in [-0.2, 0) is 19.1 Å². The van der Waals surface area contributed by atoms with E-state index in [0.29, 0.717) is 0 Å². The van der Waals surface area contributed by atoms with Gasteiger partial charge < -0.3 is 4.74 Å². The first kappa shape index (κ1) is 5.94. The number of rotatable bonds is 0. The van der Waals surface area contributed by atoms with Gasteiger partial charge in [-0.3, -0.25) is 9.59 Å². The van der Waals surface area contributed by atoms with Crippen molar-refractivity contribution < 1.29 is 19.1 Å². The summed E-state index contributed by atoms with van der Waals surface area (Å²) in [5, 5.41) is 0. The fourth-order valence-corrected chi connectivity index (χ4v) is 0.529. The van der Waals surface area contributed by atoms with Crippen molar-refractivity contribution in [2.24, 2.45) is 0 Å². The molecule has 1 saturated heterocycles. The van der Waals surface area contributed by atoms with E-state index in [1.165, 1.54) is 0 Å². The summed E-state index contributed by atoms with van der Waals surface area (Å²) in [6, 6.07) is 0. The quantitative estimate of drug-likeness (QED) is 0.312. The van der Waals surface area contributed by atoms with Gasteiger partial charge in [-0.25, -0.2) is 4.79 Å². The molecule has 0 saturated carbocycles. The van der Waals surface area contributed by atoms with Gasteiger partial charge in [0.2, 0.25) is 5.78 Å². The third-order valence-electron chi connectivity index (χ3n) is 1.00. The van der Waals surface area contributed by atoms with Crippen molar-refractivity contribution in [2.45, 2.75) is 6.42 Å². The first-order chi connectivity index (χ1) is 4.22. The Morgan fingerprint density at radius 1 is 1.22 bits per heavy atom. The minimum Gasteiger partial charge on any atom is -0.459 e. The largest absolute Gasteiger partial charge is 0.459 e. The lowest BCUT2D eigenvalue weighted by Gasteiger charge is -2.06. The molecular weight excluding hydrogens is 124 g/mol. The maximum Gasteiger partial charge on any atom is 0.382 e. The molecule has 0 radical (unpaired) electrons. The Kier molecular flexibility index (Phi) is 1.30. The van der Waals surface area contributed by atoms with Crippen molar-refractivity contribution in [3.05, 3.63) is 0 Å². The lowest BCUT2D eigenvalue weighted by Crippen LogP contribution is -2.32. The molecule has 4 heteroatoms. The molecule has 1 aliphatic heterocycles. The van der Waals surface area contributed by atoms with Crippen LogP contribution < -0.4 is 0 Å². The van der Waals surface area contributed by atoms with Crippen LogP contribution in [0.1, 0.15) is 6.42 Å². The van der Waals surface area contributed by atoms with E-state index in [4.69, 9.17) is 0 Å². The van der Waals surface area contributed by atoms with Crippen molar-refractivity contribution in [1.29, 1.82) is 0 Å². The third kappa shape index (κ3) is 0.960. The SMILES string of the molecule is O=C1CCOC(=O)C1=O. The van der Waals surface area contributed by atoms with Crippen LogP contribution >= 0.6 is 0 Å². The lowest BCUT2D eigenvalue weighted by atomic mass is 10.2. The summed E-state index contributed by atoms with van der Waals surface area (Å²) in [4.78, 5) is 30.9. The lowest BCUT2D eigenvalue weighted by molar-refractivity contribution is -0.161. The van der Waals surface area contributed by atoms with Gasteiger partial charge >= 0.3 is 11.8 Å². The van der Waals surface area contributed by atoms with Crippen LogP contribution in [0.25, 0.3) is 0 Å². The van der Waals surface area contributed by atoms with Crippen LogP contribution in [-0.4, -0.2) is 24.1 Å². The Bertz CT molecular complexity index is 163. The number of ether oxygens (including phenoxy) is 1. The van der Waals surface area contributed by atoms with Crippen molar-refractivity contribution in [1.82, 2.24) is 0 Å². The molecular formula is C5H4O4. The molecule has 0 amide bonds. The fraction of sp³-hybridized carbons (Fsp3) is 0.400. The molecule has 0 aromatic heterocycles. The van der Waals surface area contributed by atoms with Gasteiger partial charge in [-0.15, -0.1) is 0 Å². The van der Waals surface area contributed by atoms with E-state index >= 15 is 0 Å². The summed E-state index contributed by atoms with van der Waals surface area (Å²) in [5.74, 6) is -2.70. The second-order valence-corrected chi connectivity index (χ2v) is 1.64. The van der Waals surface area contributed by atoms with Gasteiger partial charge in [0.25, 0.3) is 0 Å². The molecule has 0 aromatic carbocycles. The van der Waals surface area contributed by atoms with Gasteiger partial charge in [0.1, 0.15) is 0 Å². The predicted molar refractivity (Wildman–Crippen MR) is 25.6 cm³/mol. The molecule has 0 aliphatic carbocycles. The van der Waals surface area contributed by atoms with E-state index < -0.39 is 17.5 Å². The number of hydrogen-bond acceptors (Lipinski definition) is 4. The van der Waals surface area contributed by atoms with Crippen molar-refractivity contribution in [2.75, 3.05) is 6.61 Å². The first-order valence-corrected chi connectivity index (χ1v) is 2.46. The Morgan fingerprint density at radius 2 is 1.89 bits per heavy atom. The van der Waals surface area contributed by atoms with Crippen LogP contribution in [0.3, 0.4) is 0 Å². The summed E-state index contributed by atoms with van der Waals surface area (Å²) in [6.07, 6.45) is 0.0323. The van der Waals surface area contributed by atoms with Crippen LogP contribution in [0, 0.1) is 0 Å². The number of carbonyl (C=O) groups is 3. The molecule has 0 spiro atoms. The minimum absolute atomic E-state index is 0.0323. The summed E-state index contributed by atoms with van der Waals surface area (Å²) >= 11 is 0. The Hall–Kier alpha value is -1.19. The van der Waals surface area contributed by atoms with E-state index in [-0.39, 0.29) is 13.0 Å². The topological polar surface area (TPSA) is 60.4 Å². The number of Topliss-reactive ketones (excluding diaryl/α,β-unsaturated/α-hetero) is 2. The standard InChI is InChI=1S/C5H4O4/c6-3-1-2-9-5(8)4(3)7/h1-2H2. The van der Waals surface area contributed by atoms with Gasteiger partial charge in [-0.05, 0) is 0 Å². The van der Waals surface area contributed by atoms with Gasteiger partial charge in [-0.1, -0.05) is 0 Å². The van der Waals surface area contributed by atoms with Crippen LogP contribution in [0.2, 0.25) is 0 Å². The normalized spacial score (nSPS) is 19.8. The zero-order chi connectivity index (χ0) is 6.85. The highest BCUT2D eigenvalue weighted by Crippen LogP contribution is 1.97. The molecule has 1 rings (SSSR count). The molecule has 0 bridgehead atoms. The maximum absolute atomic E-state index is 10.4. The zero-order valence-corrected chi connectivity index (χ0v) is 4.55. The highest BCUT2D eigenvalue weighted by molar-refractivity contribution is 6.62. The number of carbonyl (C=O) groups excluding carboxylic acids is 3. The van der Waals surface area contributed by atoms with E-state index in [2.05, 4.69) is 4.74 Å². The second kappa shape index (κ2) is 1.97. The van der Waals surface area contributed by atoms with E-state index in [1.54, 1.807) is 0 Å². The monoisotopic (exact) mass is 128 g/mol. The van der Waals surface area contributed by atoms with Gasteiger partial charge in [0, 0.05) is 6.42 Å². The van der Waals surface area contributed by atoms with Crippen LogP contribution in [0.15, 0.2) is 0 Å². The van der Waals surface area contributed by atoms with Gasteiger partial charge in [-0.2, -0.15) is 0 Å². The van der Waals surface area contributed by atoms with Gasteiger partial charge in [0.15, 0.2) is 0 Å². The summed E-state index contributed by atoms with van der Waals surface area (Å²) < 4.78 is 4.25. The molecule has 4 nitrogen and oxygen atoms in total. The van der Waals surface area contributed by atoms with Crippen molar-refractivity contribution in [3.63, 3.8) is 0 Å². The summed E-state index contributed by atoms with van der Waals surface area (Å²) in [7, 11) is 0. The molecule has 0 aromatic rings. The molecule has 1 heterocycles. The molecule has 48 valence electrons.